The van der Waals surface area contributed by atoms with Crippen molar-refractivity contribution in [3.05, 3.63) is 23.8 Å². The molecule has 8 nitrogen and oxygen atoms in total. The van der Waals surface area contributed by atoms with E-state index in [0.717, 1.165) is 23.5 Å². The summed E-state index contributed by atoms with van der Waals surface area (Å²) in [5.41, 5.74) is 0.418. The van der Waals surface area contributed by atoms with E-state index in [2.05, 4.69) is 5.32 Å². The summed E-state index contributed by atoms with van der Waals surface area (Å²) in [6.45, 7) is 8.62. The highest BCUT2D eigenvalue weighted by Gasteiger charge is 2.34. The third-order valence-corrected chi connectivity index (χ3v) is 4.76. The SMILES string of the molecule is CC(C)(C)OC(=O)N(CCCNCc1ccc2c(c1)OCCO2)C(=O)[C@@H]1CCCO1. The van der Waals surface area contributed by atoms with Gasteiger partial charge in [0.15, 0.2) is 11.5 Å². The van der Waals surface area contributed by atoms with Crippen LogP contribution in [0.15, 0.2) is 18.2 Å². The summed E-state index contributed by atoms with van der Waals surface area (Å²) in [5.74, 6) is 1.22. The fraction of sp³-hybridized carbons (Fsp3) is 0.636. The Kier molecular flexibility index (Phi) is 7.55. The van der Waals surface area contributed by atoms with E-state index in [1.807, 2.05) is 18.2 Å². The lowest BCUT2D eigenvalue weighted by Crippen LogP contribution is -2.46. The summed E-state index contributed by atoms with van der Waals surface area (Å²) in [6, 6.07) is 5.87. The van der Waals surface area contributed by atoms with Crippen LogP contribution >= 0.6 is 0 Å². The molecule has 30 heavy (non-hydrogen) atoms. The van der Waals surface area contributed by atoms with Crippen LogP contribution in [0.4, 0.5) is 4.79 Å². The Bertz CT molecular complexity index is 740. The van der Waals surface area contributed by atoms with Crippen LogP contribution in [0.3, 0.4) is 0 Å². The van der Waals surface area contributed by atoms with Crippen LogP contribution in [0.25, 0.3) is 0 Å². The van der Waals surface area contributed by atoms with Gasteiger partial charge in [0.1, 0.15) is 24.9 Å². The molecule has 166 valence electrons. The Morgan fingerprint density at radius 1 is 1.17 bits per heavy atom. The molecule has 3 rings (SSSR count). The van der Waals surface area contributed by atoms with Crippen LogP contribution in [-0.2, 0) is 20.8 Å². The van der Waals surface area contributed by atoms with Gasteiger partial charge in [-0.3, -0.25) is 4.79 Å². The number of nitrogens with zero attached hydrogens (tertiary/aromatic N) is 1. The van der Waals surface area contributed by atoms with Gasteiger partial charge >= 0.3 is 6.09 Å². The molecule has 0 unspecified atom stereocenters. The zero-order valence-electron chi connectivity index (χ0n) is 18.1. The van der Waals surface area contributed by atoms with Gasteiger partial charge < -0.3 is 24.3 Å². The maximum Gasteiger partial charge on any atom is 0.417 e. The van der Waals surface area contributed by atoms with E-state index in [-0.39, 0.29) is 12.5 Å². The molecule has 8 heteroatoms. The van der Waals surface area contributed by atoms with Crippen LogP contribution < -0.4 is 14.8 Å². The summed E-state index contributed by atoms with van der Waals surface area (Å²) in [7, 11) is 0. The minimum atomic E-state index is -0.664. The molecular weight excluding hydrogens is 388 g/mol. The summed E-state index contributed by atoms with van der Waals surface area (Å²) in [6.07, 6.45) is 0.913. The topological polar surface area (TPSA) is 86.3 Å². The van der Waals surface area contributed by atoms with Gasteiger partial charge in [-0.25, -0.2) is 9.69 Å². The van der Waals surface area contributed by atoms with Gasteiger partial charge in [-0.15, -0.1) is 0 Å². The van der Waals surface area contributed by atoms with Crippen LogP contribution in [0.1, 0.15) is 45.6 Å². The number of hydrogen-bond donors (Lipinski definition) is 1. The van der Waals surface area contributed by atoms with E-state index >= 15 is 0 Å². The standard InChI is InChI=1S/C22H32N2O6/c1-22(2,3)30-21(26)24(20(25)18-6-4-11-27-18)10-5-9-23-15-16-7-8-17-19(14-16)29-13-12-28-17/h7-8,14,18,23H,4-6,9-13,15H2,1-3H3/t18-/m0/s1. The van der Waals surface area contributed by atoms with E-state index < -0.39 is 17.8 Å². The molecule has 1 aromatic rings. The van der Waals surface area contributed by atoms with Gasteiger partial charge in [0, 0.05) is 19.7 Å². The molecule has 2 heterocycles. The summed E-state index contributed by atoms with van der Waals surface area (Å²) in [5, 5.41) is 3.34. The van der Waals surface area contributed by atoms with Gasteiger partial charge in [-0.2, -0.15) is 0 Å². The monoisotopic (exact) mass is 420 g/mol. The Morgan fingerprint density at radius 2 is 1.93 bits per heavy atom. The maximum atomic E-state index is 12.7. The number of imide groups is 1. The molecule has 1 N–H and O–H groups in total. The second kappa shape index (κ2) is 10.1. The summed E-state index contributed by atoms with van der Waals surface area (Å²) < 4.78 is 22.0. The third kappa shape index (κ3) is 6.34. The van der Waals surface area contributed by atoms with Crippen molar-refractivity contribution in [3.63, 3.8) is 0 Å². The number of fused-ring (bicyclic) bond motifs is 1. The molecule has 0 saturated carbocycles. The normalized spacial score (nSPS) is 18.2. The Balaban J connectivity index is 1.48. The van der Waals surface area contributed by atoms with E-state index in [4.69, 9.17) is 18.9 Å². The molecule has 0 aromatic heterocycles. The van der Waals surface area contributed by atoms with Crippen molar-refractivity contribution >= 4 is 12.0 Å². The summed E-state index contributed by atoms with van der Waals surface area (Å²) in [4.78, 5) is 26.5. The van der Waals surface area contributed by atoms with Gasteiger partial charge in [0.05, 0.1) is 0 Å². The fourth-order valence-electron chi connectivity index (χ4n) is 3.35. The number of carbonyl (C=O) groups is 2. The van der Waals surface area contributed by atoms with Gasteiger partial charge in [0.2, 0.25) is 0 Å². The maximum absolute atomic E-state index is 12.7. The first-order valence-electron chi connectivity index (χ1n) is 10.6. The number of rotatable bonds is 7. The predicted octanol–water partition coefficient (Wildman–Crippen LogP) is 2.88. The minimum absolute atomic E-state index is 0.280. The van der Waals surface area contributed by atoms with Crippen molar-refractivity contribution in [2.24, 2.45) is 0 Å². The molecular formula is C22H32N2O6. The third-order valence-electron chi connectivity index (χ3n) is 4.76. The largest absolute Gasteiger partial charge is 0.486 e. The first kappa shape index (κ1) is 22.4. The van der Waals surface area contributed by atoms with Crippen LogP contribution in [-0.4, -0.2) is 61.5 Å². The number of hydrogen-bond acceptors (Lipinski definition) is 7. The van der Waals surface area contributed by atoms with E-state index in [1.54, 1.807) is 20.8 Å². The molecule has 1 fully saturated rings. The Labute approximate surface area is 177 Å². The lowest BCUT2D eigenvalue weighted by atomic mass is 10.2. The molecule has 1 aromatic carbocycles. The predicted molar refractivity (Wildman–Crippen MR) is 111 cm³/mol. The number of ether oxygens (including phenoxy) is 4. The van der Waals surface area contributed by atoms with Crippen molar-refractivity contribution < 1.29 is 28.5 Å². The molecule has 0 radical (unpaired) electrons. The summed E-state index contributed by atoms with van der Waals surface area (Å²) >= 11 is 0. The fourth-order valence-corrected chi connectivity index (χ4v) is 3.35. The van der Waals surface area contributed by atoms with Crippen LogP contribution in [0.5, 0.6) is 11.5 Å². The Hall–Kier alpha value is -2.32. The second-order valence-corrected chi connectivity index (χ2v) is 8.48. The number of nitrogens with one attached hydrogen (secondary N) is 1. The molecule has 0 bridgehead atoms. The molecule has 1 saturated heterocycles. The molecule has 0 aliphatic carbocycles. The van der Waals surface area contributed by atoms with E-state index in [1.165, 1.54) is 4.90 Å². The smallest absolute Gasteiger partial charge is 0.417 e. The molecule has 2 amide bonds. The minimum Gasteiger partial charge on any atom is -0.486 e. The average Bonchev–Trinajstić information content (AvgIpc) is 3.23. The van der Waals surface area contributed by atoms with E-state index in [9.17, 15) is 9.59 Å². The van der Waals surface area contributed by atoms with Crippen molar-refractivity contribution in [1.29, 1.82) is 0 Å². The highest BCUT2D eigenvalue weighted by atomic mass is 16.6. The van der Waals surface area contributed by atoms with Crippen molar-refractivity contribution in [2.75, 3.05) is 32.9 Å². The first-order valence-corrected chi connectivity index (χ1v) is 10.6. The average molecular weight is 421 g/mol. The quantitative estimate of drug-likeness (QED) is 0.679. The Morgan fingerprint density at radius 3 is 2.63 bits per heavy atom. The highest BCUT2D eigenvalue weighted by molar-refractivity contribution is 5.94. The zero-order chi connectivity index (χ0) is 21.6. The number of benzene rings is 1. The molecule has 0 spiro atoms. The first-order chi connectivity index (χ1) is 14.3. The van der Waals surface area contributed by atoms with Crippen molar-refractivity contribution in [3.8, 4) is 11.5 Å². The lowest BCUT2D eigenvalue weighted by molar-refractivity contribution is -0.139. The molecule has 2 aliphatic heterocycles. The molecule has 2 aliphatic rings. The van der Waals surface area contributed by atoms with Gasteiger partial charge in [-0.05, 0) is 64.3 Å². The highest BCUT2D eigenvalue weighted by Crippen LogP contribution is 2.30. The zero-order valence-corrected chi connectivity index (χ0v) is 18.1. The lowest BCUT2D eigenvalue weighted by Gasteiger charge is -2.27. The van der Waals surface area contributed by atoms with Crippen LogP contribution in [0.2, 0.25) is 0 Å². The number of amides is 2. The van der Waals surface area contributed by atoms with Crippen molar-refractivity contribution in [1.82, 2.24) is 10.2 Å². The van der Waals surface area contributed by atoms with Gasteiger partial charge in [-0.1, -0.05) is 6.07 Å². The number of carbonyl (C=O) groups excluding carboxylic acids is 2. The van der Waals surface area contributed by atoms with Crippen LogP contribution in [0, 0.1) is 0 Å². The molecule has 1 atom stereocenters. The van der Waals surface area contributed by atoms with Crippen molar-refractivity contribution in [2.45, 2.75) is 58.3 Å². The van der Waals surface area contributed by atoms with Gasteiger partial charge in [0.25, 0.3) is 5.91 Å². The second-order valence-electron chi connectivity index (χ2n) is 8.48. The van der Waals surface area contributed by atoms with E-state index in [0.29, 0.717) is 45.8 Å².